The normalized spacial score (nSPS) is 13.1. The minimum Gasteiger partial charge on any atom is -0.489 e. The molecule has 36 heavy (non-hydrogen) atoms. The number of benzene rings is 2. The lowest BCUT2D eigenvalue weighted by molar-refractivity contribution is 0.0948. The summed E-state index contributed by atoms with van der Waals surface area (Å²) in [6.07, 6.45) is 7.54. The van der Waals surface area contributed by atoms with Gasteiger partial charge in [-0.15, -0.1) is 11.3 Å². The Kier molecular flexibility index (Phi) is 7.75. The second-order valence-corrected chi connectivity index (χ2v) is 10.4. The zero-order valence-electron chi connectivity index (χ0n) is 19.4. The number of carbonyl (C=O) groups is 1. The van der Waals surface area contributed by atoms with Crippen LogP contribution < -0.4 is 10.1 Å². The summed E-state index contributed by atoms with van der Waals surface area (Å²) in [6.45, 7) is 0.697. The van der Waals surface area contributed by atoms with Crippen molar-refractivity contribution in [3.63, 3.8) is 0 Å². The molecule has 0 radical (unpaired) electrons. The van der Waals surface area contributed by atoms with E-state index in [0.29, 0.717) is 28.8 Å². The number of halogens is 2. The van der Waals surface area contributed by atoms with Gasteiger partial charge < -0.3 is 14.5 Å². The second-order valence-electron chi connectivity index (χ2n) is 8.50. The maximum absolute atomic E-state index is 13.1. The summed E-state index contributed by atoms with van der Waals surface area (Å²) in [5.74, 6) is 1.34. The van der Waals surface area contributed by atoms with Crippen molar-refractivity contribution >= 4 is 51.7 Å². The summed E-state index contributed by atoms with van der Waals surface area (Å²) in [6, 6.07) is 16.7. The number of aryl methyl sites for hydroxylation is 1. The first kappa shape index (κ1) is 24.6. The first-order valence-corrected chi connectivity index (χ1v) is 13.3. The lowest BCUT2D eigenvalue weighted by Crippen LogP contribution is -2.23. The number of aliphatic imine (C=N–C) groups is 1. The highest BCUT2D eigenvalue weighted by atomic mass is 35.5. The van der Waals surface area contributed by atoms with Gasteiger partial charge in [0.1, 0.15) is 23.1 Å². The van der Waals surface area contributed by atoms with Crippen molar-refractivity contribution in [2.45, 2.75) is 38.8 Å². The zero-order chi connectivity index (χ0) is 24.9. The Morgan fingerprint density at radius 2 is 1.94 bits per heavy atom. The summed E-state index contributed by atoms with van der Waals surface area (Å²) >= 11 is 13.8. The Bertz CT molecular complexity index is 1380. The van der Waals surface area contributed by atoms with Gasteiger partial charge in [0.25, 0.3) is 5.91 Å². The Morgan fingerprint density at radius 3 is 2.72 bits per heavy atom. The molecule has 5 nitrogen and oxygen atoms in total. The lowest BCUT2D eigenvalue weighted by Gasteiger charge is -2.12. The number of carbonyl (C=O) groups excluding carboxylic acids is 1. The Balaban J connectivity index is 1.28. The number of fused-ring (bicyclic) bond motifs is 1. The number of furan rings is 1. The molecule has 0 spiro atoms. The van der Waals surface area contributed by atoms with E-state index >= 15 is 0 Å². The van der Waals surface area contributed by atoms with E-state index in [4.69, 9.17) is 37.3 Å². The molecule has 0 bridgehead atoms. The maximum Gasteiger partial charge on any atom is 0.255 e. The minimum absolute atomic E-state index is 0.109. The molecule has 2 aromatic heterocycles. The number of amides is 1. The predicted octanol–water partition coefficient (Wildman–Crippen LogP) is 7.79. The first-order valence-electron chi connectivity index (χ1n) is 11.7. The fourth-order valence-corrected chi connectivity index (χ4v) is 5.82. The molecule has 0 fully saturated rings. The minimum atomic E-state index is -0.109. The van der Waals surface area contributed by atoms with E-state index in [1.807, 2.05) is 42.5 Å². The van der Waals surface area contributed by atoms with Crippen LogP contribution >= 0.6 is 34.5 Å². The Hall–Kier alpha value is -3.06. The summed E-state index contributed by atoms with van der Waals surface area (Å²) in [7, 11) is 0. The third-order valence-electron chi connectivity index (χ3n) is 6.00. The number of nitrogens with one attached hydrogen (secondary N) is 1. The molecule has 184 valence electrons. The van der Waals surface area contributed by atoms with Crippen molar-refractivity contribution in [2.24, 2.45) is 4.99 Å². The fraction of sp³-hybridized carbons (Fsp3) is 0.214. The monoisotopic (exact) mass is 538 g/mol. The quantitative estimate of drug-likeness (QED) is 0.233. The Labute approximate surface area is 223 Å². The van der Waals surface area contributed by atoms with E-state index in [1.54, 1.807) is 35.9 Å². The van der Waals surface area contributed by atoms with Gasteiger partial charge in [-0.2, -0.15) is 0 Å². The number of hydrogen-bond donors (Lipinski definition) is 1. The number of hydrogen-bond acceptors (Lipinski definition) is 5. The van der Waals surface area contributed by atoms with Gasteiger partial charge in [-0.05, 0) is 85.3 Å². The largest absolute Gasteiger partial charge is 0.489 e. The third kappa shape index (κ3) is 5.84. The summed E-state index contributed by atoms with van der Waals surface area (Å²) < 4.78 is 11.2. The highest BCUT2D eigenvalue weighted by Crippen LogP contribution is 2.40. The maximum atomic E-state index is 13.1. The van der Waals surface area contributed by atoms with Gasteiger partial charge in [0.05, 0.1) is 18.4 Å². The molecule has 0 saturated heterocycles. The summed E-state index contributed by atoms with van der Waals surface area (Å²) in [5, 5.41) is 4.90. The van der Waals surface area contributed by atoms with E-state index in [2.05, 4.69) is 5.32 Å². The van der Waals surface area contributed by atoms with Crippen LogP contribution in [0.25, 0.3) is 0 Å². The highest BCUT2D eigenvalue weighted by Gasteiger charge is 2.25. The highest BCUT2D eigenvalue weighted by molar-refractivity contribution is 7.16. The van der Waals surface area contributed by atoms with Crippen LogP contribution in [0.5, 0.6) is 5.75 Å². The lowest BCUT2D eigenvalue weighted by atomic mass is 9.95. The standard InChI is InChI=1S/C28H24Cl2N2O3S/c29-20-10-9-19(24(30)14-20)17-35-21-11-7-18(8-12-21)15-32-28-26(23-5-1-2-6-25(23)36-28)27(33)31-16-22-4-3-13-34-22/h3-4,7-15H,1-2,5-6,16-17H2,(H,31,33). The van der Waals surface area contributed by atoms with Crippen LogP contribution in [-0.4, -0.2) is 12.1 Å². The molecule has 1 aliphatic carbocycles. The van der Waals surface area contributed by atoms with Crippen molar-refractivity contribution in [1.82, 2.24) is 5.32 Å². The van der Waals surface area contributed by atoms with Crippen LogP contribution in [-0.2, 0) is 26.0 Å². The number of thiophene rings is 1. The molecule has 1 N–H and O–H groups in total. The molecular formula is C28H24Cl2N2O3S. The molecule has 5 rings (SSSR count). The molecule has 0 atom stereocenters. The van der Waals surface area contributed by atoms with Crippen LogP contribution in [0.3, 0.4) is 0 Å². The molecule has 0 aliphatic heterocycles. The van der Waals surface area contributed by atoms with Gasteiger partial charge in [-0.25, -0.2) is 4.99 Å². The molecule has 4 aromatic rings. The topological polar surface area (TPSA) is 63.8 Å². The second kappa shape index (κ2) is 11.3. The zero-order valence-corrected chi connectivity index (χ0v) is 21.8. The fourth-order valence-electron chi connectivity index (χ4n) is 4.13. The van der Waals surface area contributed by atoms with Crippen molar-refractivity contribution in [3.8, 4) is 5.75 Å². The number of rotatable bonds is 8. The molecule has 1 amide bonds. The number of nitrogens with zero attached hydrogens (tertiary/aromatic N) is 1. The van der Waals surface area contributed by atoms with Crippen molar-refractivity contribution in [1.29, 1.82) is 0 Å². The van der Waals surface area contributed by atoms with Crippen molar-refractivity contribution in [2.75, 3.05) is 0 Å². The molecule has 8 heteroatoms. The predicted molar refractivity (Wildman–Crippen MR) is 145 cm³/mol. The van der Waals surface area contributed by atoms with E-state index in [9.17, 15) is 4.79 Å². The van der Waals surface area contributed by atoms with E-state index < -0.39 is 0 Å². The van der Waals surface area contributed by atoms with E-state index in [0.717, 1.165) is 58.9 Å². The van der Waals surface area contributed by atoms with E-state index in [1.165, 1.54) is 4.88 Å². The van der Waals surface area contributed by atoms with Crippen molar-refractivity contribution in [3.05, 3.63) is 104 Å². The number of ether oxygens (including phenoxy) is 1. The van der Waals surface area contributed by atoms with Crippen LogP contribution in [0.4, 0.5) is 5.00 Å². The molecule has 0 saturated carbocycles. The van der Waals surface area contributed by atoms with Gasteiger partial charge in [0.2, 0.25) is 0 Å². The molecule has 2 heterocycles. The van der Waals surface area contributed by atoms with Crippen LogP contribution in [0.2, 0.25) is 10.0 Å². The van der Waals surface area contributed by atoms with Gasteiger partial charge in [0.15, 0.2) is 0 Å². The SMILES string of the molecule is O=C(NCc1ccco1)c1c(N=Cc2ccc(OCc3ccc(Cl)cc3Cl)cc2)sc2c1CCCC2. The van der Waals surface area contributed by atoms with Crippen LogP contribution in [0.1, 0.15) is 50.5 Å². The van der Waals surface area contributed by atoms with Crippen LogP contribution in [0, 0.1) is 0 Å². The van der Waals surface area contributed by atoms with Crippen LogP contribution in [0.15, 0.2) is 70.3 Å². The molecule has 1 aliphatic rings. The molecule has 0 unspecified atom stereocenters. The summed E-state index contributed by atoms with van der Waals surface area (Å²) in [5.41, 5.74) is 3.61. The average Bonchev–Trinajstić information content (AvgIpc) is 3.54. The summed E-state index contributed by atoms with van der Waals surface area (Å²) in [4.78, 5) is 19.1. The first-order chi connectivity index (χ1) is 17.6. The van der Waals surface area contributed by atoms with Gasteiger partial charge in [-0.1, -0.05) is 29.3 Å². The Morgan fingerprint density at radius 1 is 1.11 bits per heavy atom. The van der Waals surface area contributed by atoms with Gasteiger partial charge >= 0.3 is 0 Å². The average molecular weight is 539 g/mol. The van der Waals surface area contributed by atoms with E-state index in [-0.39, 0.29) is 5.91 Å². The van der Waals surface area contributed by atoms with Gasteiger partial charge in [-0.3, -0.25) is 4.79 Å². The molecule has 2 aromatic carbocycles. The smallest absolute Gasteiger partial charge is 0.255 e. The van der Waals surface area contributed by atoms with Gasteiger partial charge in [0, 0.05) is 26.7 Å². The molecular weight excluding hydrogens is 515 g/mol. The third-order valence-corrected chi connectivity index (χ3v) is 7.79. The van der Waals surface area contributed by atoms with Crippen molar-refractivity contribution < 1.29 is 13.9 Å².